The molecule has 3 aromatic rings. The molecular formula is C29H36N6O4. The number of piperidine rings is 1. The molecule has 2 aromatic heterocycles. The third kappa shape index (κ3) is 5.95. The Labute approximate surface area is 227 Å². The van der Waals surface area contributed by atoms with Crippen LogP contribution in [0.5, 0.6) is 0 Å². The van der Waals surface area contributed by atoms with Crippen molar-refractivity contribution in [1.29, 1.82) is 0 Å². The van der Waals surface area contributed by atoms with Crippen molar-refractivity contribution in [3.63, 3.8) is 0 Å². The topological polar surface area (TPSA) is 118 Å². The van der Waals surface area contributed by atoms with Crippen molar-refractivity contribution in [3.05, 3.63) is 58.0 Å². The molecule has 206 valence electrons. The summed E-state index contributed by atoms with van der Waals surface area (Å²) in [5.41, 5.74) is 4.57. The smallest absolute Gasteiger partial charge is 0.280 e. The third-order valence-electron chi connectivity index (χ3n) is 7.87. The molecule has 1 saturated carbocycles. The number of amides is 2. The van der Waals surface area contributed by atoms with Gasteiger partial charge in [0, 0.05) is 44.1 Å². The highest BCUT2D eigenvalue weighted by atomic mass is 16.6. The van der Waals surface area contributed by atoms with Gasteiger partial charge in [0.15, 0.2) is 0 Å². The molecule has 2 N–H and O–H groups in total. The van der Waals surface area contributed by atoms with E-state index in [0.29, 0.717) is 29.5 Å². The number of carbonyl (C=O) groups is 2. The Morgan fingerprint density at radius 3 is 2.44 bits per heavy atom. The first kappa shape index (κ1) is 26.8. The van der Waals surface area contributed by atoms with Crippen molar-refractivity contribution in [1.82, 2.24) is 24.9 Å². The van der Waals surface area contributed by atoms with E-state index in [1.165, 1.54) is 18.2 Å². The summed E-state index contributed by atoms with van der Waals surface area (Å²) >= 11 is 0. The number of hydrogen-bond acceptors (Lipinski definition) is 7. The molecule has 1 saturated heterocycles. The van der Waals surface area contributed by atoms with Crippen LogP contribution in [0.1, 0.15) is 86.7 Å². The number of aromatic nitrogens is 3. The monoisotopic (exact) mass is 532 g/mol. The van der Waals surface area contributed by atoms with Gasteiger partial charge < -0.3 is 14.8 Å². The van der Waals surface area contributed by atoms with E-state index in [0.717, 1.165) is 57.3 Å². The van der Waals surface area contributed by atoms with Crippen LogP contribution in [-0.4, -0.2) is 50.9 Å². The van der Waals surface area contributed by atoms with E-state index in [1.54, 1.807) is 20.0 Å². The van der Waals surface area contributed by atoms with Crippen molar-refractivity contribution < 1.29 is 14.4 Å². The Morgan fingerprint density at radius 1 is 1.05 bits per heavy atom. The highest BCUT2D eigenvalue weighted by Gasteiger charge is 2.24. The van der Waals surface area contributed by atoms with Crippen LogP contribution in [0, 0.1) is 0 Å². The summed E-state index contributed by atoms with van der Waals surface area (Å²) in [6.07, 6.45) is 10.3. The average molecular weight is 533 g/mol. The first-order chi connectivity index (χ1) is 18.9. The number of pyridine rings is 1. The maximum Gasteiger partial charge on any atom is 0.280 e. The van der Waals surface area contributed by atoms with E-state index in [-0.39, 0.29) is 17.5 Å². The van der Waals surface area contributed by atoms with Gasteiger partial charge >= 0.3 is 0 Å². The molecule has 10 nitrogen and oxygen atoms in total. The molecule has 0 atom stereocenters. The molecule has 39 heavy (non-hydrogen) atoms. The molecule has 1 aromatic carbocycles. The van der Waals surface area contributed by atoms with Crippen molar-refractivity contribution >= 4 is 34.5 Å². The van der Waals surface area contributed by atoms with Crippen molar-refractivity contribution in [2.24, 2.45) is 0 Å². The molecule has 2 amide bonds. The zero-order valence-electron chi connectivity index (χ0n) is 22.6. The number of likely N-dealkylation sites (tertiary alicyclic amines) is 1. The maximum atomic E-state index is 13.2. The molecule has 5 rings (SSSR count). The number of carbonyl (C=O) groups excluding carboxylic acids is 2. The number of nitrogens with zero attached hydrogens (tertiary/aromatic N) is 4. The average Bonchev–Trinajstić information content (AvgIpc) is 2.97. The Kier molecular flexibility index (Phi) is 8.21. The van der Waals surface area contributed by atoms with E-state index < -0.39 is 11.3 Å². The van der Waals surface area contributed by atoms with Crippen LogP contribution >= 0.6 is 0 Å². The summed E-state index contributed by atoms with van der Waals surface area (Å²) in [5.74, 6) is 0.399. The Balaban J connectivity index is 1.40. The van der Waals surface area contributed by atoms with Gasteiger partial charge in [0.05, 0.1) is 12.0 Å². The lowest BCUT2D eigenvalue weighted by Gasteiger charge is -2.31. The summed E-state index contributed by atoms with van der Waals surface area (Å²) < 4.78 is 1.97. The fraction of sp³-hybridized carbons (Fsp3) is 0.483. The molecule has 0 unspecified atom stereocenters. The lowest BCUT2D eigenvalue weighted by atomic mass is 9.89. The highest BCUT2D eigenvalue weighted by molar-refractivity contribution is 5.96. The summed E-state index contributed by atoms with van der Waals surface area (Å²) in [5, 5.41) is 3.58. The minimum atomic E-state index is -0.567. The number of nitrogens with one attached hydrogen (secondary N) is 2. The quantitative estimate of drug-likeness (QED) is 0.432. The van der Waals surface area contributed by atoms with Crippen molar-refractivity contribution in [2.45, 2.75) is 70.8 Å². The second kappa shape index (κ2) is 11.9. The van der Waals surface area contributed by atoms with Crippen LogP contribution in [0.25, 0.3) is 11.0 Å². The molecule has 0 radical (unpaired) electrons. The normalized spacial score (nSPS) is 16.8. The zero-order valence-corrected chi connectivity index (χ0v) is 22.6. The number of rotatable bonds is 7. The Bertz CT molecular complexity index is 1390. The molecule has 0 spiro atoms. The molecule has 2 aliphatic rings. The lowest BCUT2D eigenvalue weighted by Crippen LogP contribution is -2.36. The second-order valence-electron chi connectivity index (χ2n) is 10.4. The molecule has 3 heterocycles. The van der Waals surface area contributed by atoms with Gasteiger partial charge in [0.1, 0.15) is 11.2 Å². The number of anilines is 2. The molecule has 2 fully saturated rings. The Hall–Kier alpha value is -3.79. The predicted octanol–water partition coefficient (Wildman–Crippen LogP) is 4.45. The first-order valence-electron chi connectivity index (χ1n) is 13.9. The second-order valence-corrected chi connectivity index (χ2v) is 10.4. The molecule has 0 bridgehead atoms. The third-order valence-corrected chi connectivity index (χ3v) is 7.87. The predicted molar refractivity (Wildman–Crippen MR) is 149 cm³/mol. The van der Waals surface area contributed by atoms with Crippen LogP contribution in [0.4, 0.5) is 11.6 Å². The number of hydrogen-bond donors (Lipinski definition) is 2. The van der Waals surface area contributed by atoms with Gasteiger partial charge in [-0.2, -0.15) is 4.98 Å². The SMILES string of the molecule is CCONC(=O)c1cn(C2CCCCC2)c2nc(Nc3ccc(C4CCN(C(C)=O)CC4)cc3)ncc2c1=O. The summed E-state index contributed by atoms with van der Waals surface area (Å²) in [6.45, 7) is 5.28. The van der Waals surface area contributed by atoms with Crippen LogP contribution in [0.3, 0.4) is 0 Å². The fourth-order valence-electron chi connectivity index (χ4n) is 5.68. The maximum absolute atomic E-state index is 13.2. The van der Waals surface area contributed by atoms with Crippen LogP contribution in [0.15, 0.2) is 41.5 Å². The van der Waals surface area contributed by atoms with E-state index >= 15 is 0 Å². The van der Waals surface area contributed by atoms with E-state index in [2.05, 4.69) is 27.9 Å². The summed E-state index contributed by atoms with van der Waals surface area (Å²) in [4.78, 5) is 53.6. The van der Waals surface area contributed by atoms with Gasteiger partial charge in [-0.15, -0.1) is 0 Å². The van der Waals surface area contributed by atoms with Crippen LogP contribution in [0.2, 0.25) is 0 Å². The van der Waals surface area contributed by atoms with Crippen molar-refractivity contribution in [2.75, 3.05) is 25.0 Å². The Morgan fingerprint density at radius 2 is 1.77 bits per heavy atom. The number of benzene rings is 1. The van der Waals surface area contributed by atoms with Gasteiger partial charge in [0.2, 0.25) is 17.3 Å². The van der Waals surface area contributed by atoms with E-state index in [4.69, 9.17) is 9.82 Å². The number of hydroxylamine groups is 1. The van der Waals surface area contributed by atoms with Gasteiger partial charge in [-0.3, -0.25) is 19.2 Å². The summed E-state index contributed by atoms with van der Waals surface area (Å²) in [7, 11) is 0. The summed E-state index contributed by atoms with van der Waals surface area (Å²) in [6, 6.07) is 8.39. The number of fused-ring (bicyclic) bond motifs is 1. The van der Waals surface area contributed by atoms with Gasteiger partial charge in [-0.1, -0.05) is 31.4 Å². The molecule has 10 heteroatoms. The zero-order chi connectivity index (χ0) is 27.4. The van der Waals surface area contributed by atoms with E-state index in [1.807, 2.05) is 21.6 Å². The van der Waals surface area contributed by atoms with Crippen LogP contribution in [-0.2, 0) is 9.63 Å². The van der Waals surface area contributed by atoms with Crippen LogP contribution < -0.4 is 16.2 Å². The molecule has 1 aliphatic heterocycles. The van der Waals surface area contributed by atoms with Gasteiger partial charge in [-0.25, -0.2) is 10.5 Å². The van der Waals surface area contributed by atoms with Crippen molar-refractivity contribution in [3.8, 4) is 0 Å². The largest absolute Gasteiger partial charge is 0.343 e. The fourth-order valence-corrected chi connectivity index (χ4v) is 5.68. The standard InChI is InChI=1S/C29H36N6O4/c1-3-39-33-28(38)25-18-35(23-7-5-4-6-8-23)27-24(26(25)37)17-30-29(32-27)31-22-11-9-20(10-12-22)21-13-15-34(16-14-21)19(2)36/h9-12,17-18,21,23H,3-8,13-16H2,1-2H3,(H,33,38)(H,30,31,32). The highest BCUT2D eigenvalue weighted by Crippen LogP contribution is 2.31. The molecular weight excluding hydrogens is 496 g/mol. The minimum Gasteiger partial charge on any atom is -0.343 e. The lowest BCUT2D eigenvalue weighted by molar-refractivity contribution is -0.129. The van der Waals surface area contributed by atoms with Gasteiger partial charge in [0.25, 0.3) is 5.91 Å². The van der Waals surface area contributed by atoms with E-state index in [9.17, 15) is 14.4 Å². The first-order valence-corrected chi connectivity index (χ1v) is 13.9. The minimum absolute atomic E-state index is 0.0237. The van der Waals surface area contributed by atoms with Gasteiger partial charge in [-0.05, 0) is 56.2 Å². The molecule has 1 aliphatic carbocycles.